The first-order valence-electron chi connectivity index (χ1n) is 7.26. The van der Waals surface area contributed by atoms with Crippen molar-refractivity contribution < 1.29 is 9.37 Å². The summed E-state index contributed by atoms with van der Waals surface area (Å²) in [6, 6.07) is 12.6. The second kappa shape index (κ2) is 6.70. The molecule has 0 aliphatic carbocycles. The molecule has 22 heavy (non-hydrogen) atoms. The second-order valence-electron chi connectivity index (χ2n) is 5.13. The van der Waals surface area contributed by atoms with E-state index >= 15 is 0 Å². The molecule has 1 aromatic heterocycles. The standard InChI is InChI=1S/C16H17FN4S/c17-13-5-1-2-6-14(13)19-16(22)21-11-9-20(10-12-21)15-7-3-4-8-18-15/h1-8H,9-12H2,(H,19,22)/p+1. The first-order chi connectivity index (χ1) is 10.7. The van der Waals surface area contributed by atoms with E-state index in [0.29, 0.717) is 10.8 Å². The summed E-state index contributed by atoms with van der Waals surface area (Å²) in [5.74, 6) is 0.817. The summed E-state index contributed by atoms with van der Waals surface area (Å²) < 4.78 is 13.6. The van der Waals surface area contributed by atoms with Crippen LogP contribution in [0.25, 0.3) is 0 Å². The number of nitrogens with one attached hydrogen (secondary N) is 2. The average Bonchev–Trinajstić information content (AvgIpc) is 2.58. The van der Waals surface area contributed by atoms with Crippen molar-refractivity contribution in [3.05, 3.63) is 54.5 Å². The van der Waals surface area contributed by atoms with Gasteiger partial charge >= 0.3 is 0 Å². The lowest BCUT2D eigenvalue weighted by molar-refractivity contribution is -0.364. The molecular formula is C16H18FN4S+. The predicted octanol–water partition coefficient (Wildman–Crippen LogP) is 2.16. The summed E-state index contributed by atoms with van der Waals surface area (Å²) in [7, 11) is 0. The molecule has 0 unspecified atom stereocenters. The highest BCUT2D eigenvalue weighted by atomic mass is 32.1. The van der Waals surface area contributed by atoms with Crippen LogP contribution in [0.1, 0.15) is 0 Å². The zero-order chi connectivity index (χ0) is 15.4. The average molecular weight is 317 g/mol. The highest BCUT2D eigenvalue weighted by Crippen LogP contribution is 2.15. The maximum atomic E-state index is 13.6. The van der Waals surface area contributed by atoms with Gasteiger partial charge in [0, 0.05) is 6.07 Å². The number of pyridine rings is 1. The van der Waals surface area contributed by atoms with Crippen LogP contribution in [0.3, 0.4) is 0 Å². The largest absolute Gasteiger partial charge is 0.341 e. The minimum atomic E-state index is -0.289. The SMILES string of the molecule is Fc1ccccc1NC(=S)N1CCN(c2cccc[nH+]2)CC1. The molecule has 0 atom stereocenters. The Labute approximate surface area is 134 Å². The Morgan fingerprint density at radius 3 is 2.45 bits per heavy atom. The van der Waals surface area contributed by atoms with E-state index in [1.807, 2.05) is 18.3 Å². The number of hydrogen-bond acceptors (Lipinski definition) is 2. The highest BCUT2D eigenvalue weighted by molar-refractivity contribution is 7.80. The lowest BCUT2D eigenvalue weighted by Gasteiger charge is -2.32. The van der Waals surface area contributed by atoms with Crippen LogP contribution in [0.15, 0.2) is 48.7 Å². The third kappa shape index (κ3) is 3.33. The van der Waals surface area contributed by atoms with E-state index in [4.69, 9.17) is 12.2 Å². The zero-order valence-corrected chi connectivity index (χ0v) is 12.9. The fourth-order valence-corrected chi connectivity index (χ4v) is 2.78. The summed E-state index contributed by atoms with van der Waals surface area (Å²) in [5.41, 5.74) is 0.423. The van der Waals surface area contributed by atoms with Gasteiger partial charge in [-0.2, -0.15) is 0 Å². The molecule has 1 saturated heterocycles. The van der Waals surface area contributed by atoms with Gasteiger partial charge in [-0.05, 0) is 30.4 Å². The van der Waals surface area contributed by atoms with Crippen molar-refractivity contribution in [1.29, 1.82) is 0 Å². The number of rotatable bonds is 2. The Kier molecular flexibility index (Phi) is 4.48. The number of piperazine rings is 1. The molecule has 114 valence electrons. The normalized spacial score (nSPS) is 14.8. The molecule has 1 aliphatic heterocycles. The van der Waals surface area contributed by atoms with Crippen molar-refractivity contribution in [2.45, 2.75) is 0 Å². The molecule has 0 saturated carbocycles. The number of benzene rings is 1. The first-order valence-corrected chi connectivity index (χ1v) is 7.67. The summed E-state index contributed by atoms with van der Waals surface area (Å²) >= 11 is 5.39. The molecule has 4 nitrogen and oxygen atoms in total. The third-order valence-corrected chi connectivity index (χ3v) is 4.08. The molecule has 2 heterocycles. The van der Waals surface area contributed by atoms with E-state index in [2.05, 4.69) is 26.2 Å². The minimum Gasteiger partial charge on any atom is -0.341 e. The fraction of sp³-hybridized carbons (Fsp3) is 0.250. The van der Waals surface area contributed by atoms with Crippen molar-refractivity contribution in [2.75, 3.05) is 36.4 Å². The molecule has 0 radical (unpaired) electrons. The van der Waals surface area contributed by atoms with Crippen LogP contribution in [0.4, 0.5) is 15.9 Å². The number of halogens is 1. The number of nitrogens with zero attached hydrogens (tertiary/aromatic N) is 2. The molecule has 3 rings (SSSR count). The van der Waals surface area contributed by atoms with Crippen LogP contribution in [-0.2, 0) is 0 Å². The van der Waals surface area contributed by atoms with Crippen LogP contribution < -0.4 is 15.2 Å². The number of anilines is 2. The molecule has 0 amide bonds. The summed E-state index contributed by atoms with van der Waals surface area (Å²) in [6.07, 6.45) is 1.92. The van der Waals surface area contributed by atoms with Crippen molar-refractivity contribution in [1.82, 2.24) is 4.90 Å². The van der Waals surface area contributed by atoms with Crippen LogP contribution >= 0.6 is 12.2 Å². The van der Waals surface area contributed by atoms with Gasteiger partial charge in [0.25, 0.3) is 5.82 Å². The number of aromatic nitrogens is 1. The molecule has 1 aromatic carbocycles. The molecule has 0 spiro atoms. The number of para-hydroxylation sites is 1. The van der Waals surface area contributed by atoms with Crippen molar-refractivity contribution in [3.63, 3.8) is 0 Å². The number of aromatic amines is 1. The lowest BCUT2D eigenvalue weighted by atomic mass is 10.3. The molecule has 0 bridgehead atoms. The molecule has 2 aromatic rings. The predicted molar refractivity (Wildman–Crippen MR) is 89.4 cm³/mol. The van der Waals surface area contributed by atoms with Crippen molar-refractivity contribution in [3.8, 4) is 0 Å². The first kappa shape index (κ1) is 14.7. The maximum Gasteiger partial charge on any atom is 0.274 e. The molecule has 6 heteroatoms. The number of H-pyrrole nitrogens is 1. The summed E-state index contributed by atoms with van der Waals surface area (Å²) in [6.45, 7) is 3.37. The Morgan fingerprint density at radius 1 is 1.05 bits per heavy atom. The maximum absolute atomic E-state index is 13.6. The third-order valence-electron chi connectivity index (χ3n) is 3.72. The molecular weight excluding hydrogens is 299 g/mol. The summed E-state index contributed by atoms with van der Waals surface area (Å²) in [4.78, 5) is 7.59. The molecule has 2 N–H and O–H groups in total. The highest BCUT2D eigenvalue weighted by Gasteiger charge is 2.24. The fourth-order valence-electron chi connectivity index (χ4n) is 2.49. The van der Waals surface area contributed by atoms with Gasteiger partial charge in [-0.25, -0.2) is 9.37 Å². The van der Waals surface area contributed by atoms with Crippen LogP contribution in [0.5, 0.6) is 0 Å². The Morgan fingerprint density at radius 2 is 1.77 bits per heavy atom. The van der Waals surface area contributed by atoms with Crippen molar-refractivity contribution >= 4 is 28.8 Å². The Bertz CT molecular complexity index is 642. The quantitative estimate of drug-likeness (QED) is 0.861. The van der Waals surface area contributed by atoms with Gasteiger partial charge in [0.2, 0.25) is 0 Å². The van der Waals surface area contributed by atoms with E-state index in [-0.39, 0.29) is 5.82 Å². The Hall–Kier alpha value is -2.21. The zero-order valence-electron chi connectivity index (χ0n) is 12.1. The van der Waals surface area contributed by atoms with Gasteiger partial charge in [0.15, 0.2) is 5.11 Å². The molecule has 1 aliphatic rings. The van der Waals surface area contributed by atoms with E-state index in [0.717, 1.165) is 32.0 Å². The number of thiocarbonyl (C=S) groups is 1. The van der Waals surface area contributed by atoms with Crippen LogP contribution in [0.2, 0.25) is 0 Å². The van der Waals surface area contributed by atoms with E-state index < -0.39 is 0 Å². The minimum absolute atomic E-state index is 0.289. The van der Waals surface area contributed by atoms with Gasteiger partial charge in [-0.1, -0.05) is 18.2 Å². The van der Waals surface area contributed by atoms with Crippen LogP contribution in [0, 0.1) is 5.82 Å². The van der Waals surface area contributed by atoms with Crippen molar-refractivity contribution in [2.24, 2.45) is 0 Å². The lowest BCUT2D eigenvalue weighted by Crippen LogP contribution is -2.51. The van der Waals surface area contributed by atoms with Gasteiger partial charge in [0.1, 0.15) is 18.9 Å². The van der Waals surface area contributed by atoms with Gasteiger partial charge < -0.3 is 10.2 Å². The monoisotopic (exact) mass is 317 g/mol. The van der Waals surface area contributed by atoms with E-state index in [1.54, 1.807) is 18.2 Å². The smallest absolute Gasteiger partial charge is 0.274 e. The number of hydrogen-bond donors (Lipinski definition) is 1. The molecule has 1 fully saturated rings. The van der Waals surface area contributed by atoms with Gasteiger partial charge in [0.05, 0.1) is 25.0 Å². The topological polar surface area (TPSA) is 32.6 Å². The Balaban J connectivity index is 1.57. The van der Waals surface area contributed by atoms with E-state index in [9.17, 15) is 4.39 Å². The van der Waals surface area contributed by atoms with Crippen LogP contribution in [-0.4, -0.2) is 36.2 Å². The second-order valence-corrected chi connectivity index (χ2v) is 5.52. The van der Waals surface area contributed by atoms with Gasteiger partial charge in [-0.3, -0.25) is 4.90 Å². The summed E-state index contributed by atoms with van der Waals surface area (Å²) in [5, 5.41) is 3.56. The van der Waals surface area contributed by atoms with Gasteiger partial charge in [-0.15, -0.1) is 0 Å². The van der Waals surface area contributed by atoms with E-state index in [1.165, 1.54) is 6.07 Å².